The molecule has 0 radical (unpaired) electrons. The molecule has 0 saturated heterocycles. The van der Waals surface area contributed by atoms with Gasteiger partial charge in [-0.1, -0.05) is 0 Å². The largest absolute Gasteiger partial charge is 0.396 e. The molecule has 13 nitrogen and oxygen atoms in total. The fourth-order valence-electron chi connectivity index (χ4n) is 2.87. The van der Waals surface area contributed by atoms with Crippen molar-refractivity contribution in [1.29, 1.82) is 0 Å². The van der Waals surface area contributed by atoms with Crippen LogP contribution in [0.3, 0.4) is 0 Å². The van der Waals surface area contributed by atoms with Crippen LogP contribution in [-0.4, -0.2) is 125 Å². The molecule has 12 N–H and O–H groups in total. The summed E-state index contributed by atoms with van der Waals surface area (Å²) in [5.74, 6) is -6.56. The standard InChI is InChI=1S/C16H34O13/c17-5-13(6-18,7-19)1-11(3-15(23,24)25)29-12(4-16(26,27)28)2-14(8-20,9-21)10-22/h11-12,17-28H,1-10H2. The zero-order chi connectivity index (χ0) is 22.9. The molecule has 0 spiro atoms. The molecule has 0 aromatic carbocycles. The molecule has 0 aromatic rings. The Labute approximate surface area is 167 Å². The molecule has 2 atom stereocenters. The first-order valence-electron chi connectivity index (χ1n) is 8.88. The van der Waals surface area contributed by atoms with Gasteiger partial charge in [0.15, 0.2) is 0 Å². The average molecular weight is 434 g/mol. The zero-order valence-corrected chi connectivity index (χ0v) is 16.0. The van der Waals surface area contributed by atoms with Crippen molar-refractivity contribution in [1.82, 2.24) is 0 Å². The summed E-state index contributed by atoms with van der Waals surface area (Å²) in [5, 5.41) is 113. The molecular formula is C16H34O13. The molecule has 0 saturated carbocycles. The minimum Gasteiger partial charge on any atom is -0.396 e. The van der Waals surface area contributed by atoms with Crippen LogP contribution in [0.4, 0.5) is 0 Å². The van der Waals surface area contributed by atoms with Crippen LogP contribution in [0.25, 0.3) is 0 Å². The Morgan fingerprint density at radius 2 is 0.690 bits per heavy atom. The third kappa shape index (κ3) is 10.4. The molecule has 0 bridgehead atoms. The number of ether oxygens (including phenoxy) is 1. The first-order valence-corrected chi connectivity index (χ1v) is 8.88. The van der Waals surface area contributed by atoms with Gasteiger partial charge in [0.25, 0.3) is 11.9 Å². The van der Waals surface area contributed by atoms with Gasteiger partial charge >= 0.3 is 0 Å². The second kappa shape index (κ2) is 11.8. The highest BCUT2D eigenvalue weighted by Gasteiger charge is 2.40. The van der Waals surface area contributed by atoms with Crippen molar-refractivity contribution in [3.63, 3.8) is 0 Å². The summed E-state index contributed by atoms with van der Waals surface area (Å²) in [6, 6.07) is 0. The Kier molecular flexibility index (Phi) is 11.5. The first-order chi connectivity index (χ1) is 13.2. The summed E-state index contributed by atoms with van der Waals surface area (Å²) >= 11 is 0. The molecule has 176 valence electrons. The van der Waals surface area contributed by atoms with Crippen molar-refractivity contribution in [2.24, 2.45) is 10.8 Å². The van der Waals surface area contributed by atoms with E-state index in [-0.39, 0.29) is 0 Å². The minimum absolute atomic E-state index is 0.448. The van der Waals surface area contributed by atoms with E-state index >= 15 is 0 Å². The van der Waals surface area contributed by atoms with E-state index in [0.29, 0.717) is 0 Å². The molecule has 0 heterocycles. The van der Waals surface area contributed by atoms with E-state index in [2.05, 4.69) is 0 Å². The van der Waals surface area contributed by atoms with Crippen LogP contribution in [0.5, 0.6) is 0 Å². The maximum atomic E-state index is 9.46. The van der Waals surface area contributed by atoms with Gasteiger partial charge in [-0.25, -0.2) is 0 Å². The smallest absolute Gasteiger partial charge is 0.277 e. The third-order valence-corrected chi connectivity index (χ3v) is 4.72. The SMILES string of the molecule is OCC(CO)(CO)CC(CC(O)(O)O)OC(CC(O)(O)O)CC(CO)(CO)CO. The Balaban J connectivity index is 5.77. The average Bonchev–Trinajstić information content (AvgIpc) is 2.61. The Hall–Kier alpha value is -0.520. The van der Waals surface area contributed by atoms with Gasteiger partial charge in [-0.05, 0) is 12.8 Å². The normalized spacial score (nSPS) is 16.1. The highest BCUT2D eigenvalue weighted by Crippen LogP contribution is 2.32. The second-order valence-electron chi connectivity index (χ2n) is 7.69. The highest BCUT2D eigenvalue weighted by molar-refractivity contribution is 4.86. The van der Waals surface area contributed by atoms with Crippen molar-refractivity contribution >= 4 is 0 Å². The molecule has 0 aliphatic rings. The molecule has 29 heavy (non-hydrogen) atoms. The van der Waals surface area contributed by atoms with E-state index < -0.39 is 100 Å². The molecule has 0 rings (SSSR count). The lowest BCUT2D eigenvalue weighted by molar-refractivity contribution is -0.338. The predicted molar refractivity (Wildman–Crippen MR) is 93.3 cm³/mol. The van der Waals surface area contributed by atoms with Crippen LogP contribution in [0.2, 0.25) is 0 Å². The van der Waals surface area contributed by atoms with E-state index in [4.69, 9.17) is 4.74 Å². The maximum absolute atomic E-state index is 9.46. The summed E-state index contributed by atoms with van der Waals surface area (Å²) in [6.07, 6.45) is -5.66. The van der Waals surface area contributed by atoms with Crippen molar-refractivity contribution < 1.29 is 66.0 Å². The van der Waals surface area contributed by atoms with Crippen molar-refractivity contribution in [3.8, 4) is 0 Å². The summed E-state index contributed by atoms with van der Waals surface area (Å²) < 4.78 is 5.50. The van der Waals surface area contributed by atoms with Gasteiger partial charge in [0.05, 0.1) is 64.7 Å². The van der Waals surface area contributed by atoms with E-state index in [9.17, 15) is 61.3 Å². The van der Waals surface area contributed by atoms with Crippen LogP contribution in [0.15, 0.2) is 0 Å². The lowest BCUT2D eigenvalue weighted by atomic mass is 9.82. The van der Waals surface area contributed by atoms with E-state index in [0.717, 1.165) is 0 Å². The number of hydrogen-bond donors (Lipinski definition) is 12. The van der Waals surface area contributed by atoms with Crippen molar-refractivity contribution in [3.05, 3.63) is 0 Å². The molecule has 0 aromatic heterocycles. The molecular weight excluding hydrogens is 400 g/mol. The fourth-order valence-corrected chi connectivity index (χ4v) is 2.87. The number of aliphatic hydroxyl groups is 12. The Morgan fingerprint density at radius 1 is 0.448 bits per heavy atom. The van der Waals surface area contributed by atoms with Crippen LogP contribution < -0.4 is 0 Å². The minimum atomic E-state index is -3.28. The van der Waals surface area contributed by atoms with Gasteiger partial charge in [-0.15, -0.1) is 0 Å². The van der Waals surface area contributed by atoms with Crippen LogP contribution >= 0.6 is 0 Å². The monoisotopic (exact) mass is 434 g/mol. The maximum Gasteiger partial charge on any atom is 0.277 e. The van der Waals surface area contributed by atoms with Gasteiger partial charge in [0.2, 0.25) is 0 Å². The summed E-state index contributed by atoms with van der Waals surface area (Å²) in [7, 11) is 0. The molecule has 0 aliphatic carbocycles. The predicted octanol–water partition coefficient (Wildman–Crippen LogP) is -5.51. The third-order valence-electron chi connectivity index (χ3n) is 4.72. The van der Waals surface area contributed by atoms with E-state index in [1.54, 1.807) is 0 Å². The highest BCUT2D eigenvalue weighted by atomic mass is 16.7. The molecule has 13 heteroatoms. The molecule has 0 aliphatic heterocycles. The van der Waals surface area contributed by atoms with E-state index in [1.807, 2.05) is 0 Å². The van der Waals surface area contributed by atoms with Crippen LogP contribution in [-0.2, 0) is 4.74 Å². The number of rotatable bonds is 16. The Morgan fingerprint density at radius 3 is 0.862 bits per heavy atom. The summed E-state index contributed by atoms with van der Waals surface area (Å²) in [4.78, 5) is 0. The van der Waals surface area contributed by atoms with Crippen LogP contribution in [0.1, 0.15) is 25.7 Å². The molecule has 0 amide bonds. The lowest BCUT2D eigenvalue weighted by Crippen LogP contribution is -2.46. The zero-order valence-electron chi connectivity index (χ0n) is 16.0. The molecule has 0 fully saturated rings. The van der Waals surface area contributed by atoms with Gasteiger partial charge in [0, 0.05) is 10.8 Å². The Bertz CT molecular complexity index is 381. The van der Waals surface area contributed by atoms with Gasteiger partial charge in [-0.3, -0.25) is 0 Å². The lowest BCUT2D eigenvalue weighted by Gasteiger charge is -2.38. The topological polar surface area (TPSA) is 252 Å². The quantitative estimate of drug-likeness (QED) is 0.101. The van der Waals surface area contributed by atoms with Gasteiger partial charge in [0.1, 0.15) is 0 Å². The summed E-state index contributed by atoms with van der Waals surface area (Å²) in [5.41, 5.74) is -3.14. The number of hydrogen-bond acceptors (Lipinski definition) is 13. The van der Waals surface area contributed by atoms with E-state index in [1.165, 1.54) is 0 Å². The molecule has 2 unspecified atom stereocenters. The van der Waals surface area contributed by atoms with Gasteiger partial charge in [-0.2, -0.15) is 0 Å². The fraction of sp³-hybridized carbons (Fsp3) is 1.00. The first kappa shape index (κ1) is 28.5. The van der Waals surface area contributed by atoms with Crippen molar-refractivity contribution in [2.45, 2.75) is 49.8 Å². The van der Waals surface area contributed by atoms with Crippen LogP contribution in [0, 0.1) is 10.8 Å². The van der Waals surface area contributed by atoms with Gasteiger partial charge < -0.3 is 66.0 Å². The number of aliphatic hydroxyl groups excluding tert-OH is 6. The van der Waals surface area contributed by atoms with Crippen molar-refractivity contribution in [2.75, 3.05) is 39.6 Å². The summed E-state index contributed by atoms with van der Waals surface area (Å²) in [6.45, 7) is -4.51. The second-order valence-corrected chi connectivity index (χ2v) is 7.69.